The maximum absolute atomic E-state index is 12.0. The van der Waals surface area contributed by atoms with Gasteiger partial charge in [0.05, 0.1) is 13.1 Å². The summed E-state index contributed by atoms with van der Waals surface area (Å²) >= 11 is 1.46. The van der Waals surface area contributed by atoms with Crippen molar-refractivity contribution in [2.45, 2.75) is 26.0 Å². The Morgan fingerprint density at radius 3 is 2.75 bits per heavy atom. The molecule has 0 bridgehead atoms. The average molecular weight is 344 g/mol. The molecule has 2 aromatic heterocycles. The van der Waals surface area contributed by atoms with Crippen molar-refractivity contribution < 1.29 is 14.3 Å². The summed E-state index contributed by atoms with van der Waals surface area (Å²) in [6.07, 6.45) is 0. The number of benzene rings is 1. The monoisotopic (exact) mass is 344 g/mol. The highest BCUT2D eigenvalue weighted by Gasteiger charge is 2.24. The number of hydrogen-bond acceptors (Lipinski definition) is 4. The lowest BCUT2D eigenvalue weighted by Crippen LogP contribution is -2.42. The third kappa shape index (κ3) is 3.44. The van der Waals surface area contributed by atoms with Gasteiger partial charge in [-0.1, -0.05) is 24.3 Å². The second-order valence-corrected chi connectivity index (χ2v) is 6.88. The first-order chi connectivity index (χ1) is 11.5. The minimum Gasteiger partial charge on any atom is -0.459 e. The van der Waals surface area contributed by atoms with E-state index in [1.54, 1.807) is 6.92 Å². The Balaban J connectivity index is 1.56. The number of fused-ring (bicyclic) bond motifs is 1. The van der Waals surface area contributed by atoms with Gasteiger partial charge in [0.1, 0.15) is 16.9 Å². The van der Waals surface area contributed by atoms with Gasteiger partial charge in [-0.05, 0) is 31.4 Å². The Kier molecular flexibility index (Phi) is 4.59. The Morgan fingerprint density at radius 1 is 1.25 bits per heavy atom. The molecule has 0 radical (unpaired) electrons. The van der Waals surface area contributed by atoms with Crippen LogP contribution in [0.25, 0.3) is 11.0 Å². The van der Waals surface area contributed by atoms with Crippen LogP contribution in [-0.4, -0.2) is 17.7 Å². The van der Waals surface area contributed by atoms with Crippen LogP contribution in [0.3, 0.4) is 0 Å². The number of furan rings is 1. The molecule has 3 rings (SSSR count). The van der Waals surface area contributed by atoms with Crippen LogP contribution in [0.15, 0.2) is 46.2 Å². The van der Waals surface area contributed by atoms with Crippen LogP contribution in [0, 0.1) is 6.92 Å². The number of urea groups is 1. The van der Waals surface area contributed by atoms with Crippen molar-refractivity contribution in [2.24, 2.45) is 0 Å². The molecular formula is C18H20N2O3S. The normalized spacial score (nSPS) is 13.6. The van der Waals surface area contributed by atoms with E-state index in [9.17, 15) is 9.90 Å². The van der Waals surface area contributed by atoms with E-state index in [4.69, 9.17) is 4.42 Å². The van der Waals surface area contributed by atoms with Crippen LogP contribution >= 0.6 is 11.3 Å². The fourth-order valence-electron chi connectivity index (χ4n) is 2.54. The van der Waals surface area contributed by atoms with Crippen molar-refractivity contribution in [3.8, 4) is 0 Å². The number of aliphatic hydroxyl groups is 1. The molecule has 0 fully saturated rings. The van der Waals surface area contributed by atoms with Crippen LogP contribution in [0.4, 0.5) is 4.79 Å². The van der Waals surface area contributed by atoms with Gasteiger partial charge in [0, 0.05) is 15.8 Å². The van der Waals surface area contributed by atoms with Crippen molar-refractivity contribution in [1.82, 2.24) is 10.6 Å². The standard InChI is InChI=1S/C18H20N2O3S/c1-12-13-6-3-4-7-14(13)23-15(12)10-19-17(21)20-11-18(2,22)16-8-5-9-24-16/h3-9,22H,10-11H2,1-2H3,(H2,19,20,21). The van der Waals surface area contributed by atoms with Crippen LogP contribution < -0.4 is 10.6 Å². The van der Waals surface area contributed by atoms with E-state index in [-0.39, 0.29) is 12.6 Å². The number of aryl methyl sites for hydroxylation is 1. The van der Waals surface area contributed by atoms with Gasteiger partial charge in [0.2, 0.25) is 0 Å². The van der Waals surface area contributed by atoms with Crippen LogP contribution in [0.5, 0.6) is 0 Å². The highest BCUT2D eigenvalue weighted by Crippen LogP contribution is 2.25. The summed E-state index contributed by atoms with van der Waals surface area (Å²) in [4.78, 5) is 12.8. The number of carbonyl (C=O) groups is 1. The number of thiophene rings is 1. The molecule has 2 heterocycles. The molecular weight excluding hydrogens is 324 g/mol. The lowest BCUT2D eigenvalue weighted by Gasteiger charge is -2.22. The number of amides is 2. The van der Waals surface area contributed by atoms with Crippen molar-refractivity contribution in [2.75, 3.05) is 6.54 Å². The maximum atomic E-state index is 12.0. The van der Waals surface area contributed by atoms with E-state index in [0.717, 1.165) is 27.2 Å². The quantitative estimate of drug-likeness (QED) is 0.663. The van der Waals surface area contributed by atoms with E-state index < -0.39 is 5.60 Å². The Morgan fingerprint density at radius 2 is 2.04 bits per heavy atom. The summed E-state index contributed by atoms with van der Waals surface area (Å²) in [6.45, 7) is 4.09. The Bertz CT molecular complexity index is 837. The zero-order valence-electron chi connectivity index (χ0n) is 13.6. The van der Waals surface area contributed by atoms with Gasteiger partial charge in [0.25, 0.3) is 0 Å². The van der Waals surface area contributed by atoms with Crippen LogP contribution in [0.1, 0.15) is 23.1 Å². The average Bonchev–Trinajstić information content (AvgIpc) is 3.21. The SMILES string of the molecule is Cc1c(CNC(=O)NCC(C)(O)c2cccs2)oc2ccccc12. The Hall–Kier alpha value is -2.31. The third-order valence-corrected chi connectivity index (χ3v) is 5.12. The molecule has 5 nitrogen and oxygen atoms in total. The highest BCUT2D eigenvalue weighted by molar-refractivity contribution is 7.10. The van der Waals surface area contributed by atoms with Crippen LogP contribution in [-0.2, 0) is 12.1 Å². The summed E-state index contributed by atoms with van der Waals surface area (Å²) in [6, 6.07) is 11.2. The van der Waals surface area contributed by atoms with Gasteiger partial charge in [-0.3, -0.25) is 0 Å². The molecule has 0 spiro atoms. The minimum absolute atomic E-state index is 0.137. The molecule has 0 saturated carbocycles. The zero-order chi connectivity index (χ0) is 17.2. The van der Waals surface area contributed by atoms with Crippen molar-refractivity contribution in [3.05, 3.63) is 58.0 Å². The van der Waals surface area contributed by atoms with Crippen molar-refractivity contribution in [1.29, 1.82) is 0 Å². The number of rotatable bonds is 5. The molecule has 0 saturated heterocycles. The summed E-state index contributed by atoms with van der Waals surface area (Å²) in [5.41, 5.74) is 0.755. The van der Waals surface area contributed by atoms with Crippen molar-refractivity contribution in [3.63, 3.8) is 0 Å². The molecule has 126 valence electrons. The number of carbonyl (C=O) groups excluding carboxylic acids is 1. The van der Waals surface area contributed by atoms with E-state index in [2.05, 4.69) is 10.6 Å². The maximum Gasteiger partial charge on any atom is 0.315 e. The molecule has 1 aromatic carbocycles. The topological polar surface area (TPSA) is 74.5 Å². The first-order valence-corrected chi connectivity index (χ1v) is 8.60. The first-order valence-electron chi connectivity index (χ1n) is 7.72. The van der Waals surface area contributed by atoms with E-state index in [1.807, 2.05) is 48.7 Å². The van der Waals surface area contributed by atoms with Gasteiger partial charge in [0.15, 0.2) is 0 Å². The zero-order valence-corrected chi connectivity index (χ0v) is 14.4. The molecule has 0 aliphatic carbocycles. The second kappa shape index (κ2) is 6.67. The molecule has 6 heteroatoms. The molecule has 24 heavy (non-hydrogen) atoms. The van der Waals surface area contributed by atoms with Gasteiger partial charge in [-0.2, -0.15) is 0 Å². The first kappa shape index (κ1) is 16.5. The number of nitrogens with one attached hydrogen (secondary N) is 2. The lowest BCUT2D eigenvalue weighted by molar-refractivity contribution is 0.0631. The molecule has 1 atom stereocenters. The highest BCUT2D eigenvalue weighted by atomic mass is 32.1. The molecule has 2 amide bonds. The predicted octanol–water partition coefficient (Wildman–Crippen LogP) is 3.51. The number of hydrogen-bond donors (Lipinski definition) is 3. The molecule has 3 N–H and O–H groups in total. The number of para-hydroxylation sites is 1. The van der Waals surface area contributed by atoms with Gasteiger partial charge in [-0.15, -0.1) is 11.3 Å². The summed E-state index contributed by atoms with van der Waals surface area (Å²) in [5, 5.41) is 18.8. The molecule has 0 aliphatic heterocycles. The predicted molar refractivity (Wildman–Crippen MR) is 95.1 cm³/mol. The van der Waals surface area contributed by atoms with E-state index in [1.165, 1.54) is 11.3 Å². The van der Waals surface area contributed by atoms with Gasteiger partial charge >= 0.3 is 6.03 Å². The second-order valence-electron chi connectivity index (χ2n) is 5.93. The fraction of sp³-hybridized carbons (Fsp3) is 0.278. The molecule has 3 aromatic rings. The van der Waals surface area contributed by atoms with Crippen LogP contribution in [0.2, 0.25) is 0 Å². The Labute approximate surface area is 144 Å². The largest absolute Gasteiger partial charge is 0.459 e. The molecule has 0 aliphatic rings. The van der Waals surface area contributed by atoms with Crippen molar-refractivity contribution >= 4 is 28.3 Å². The van der Waals surface area contributed by atoms with Gasteiger partial charge in [-0.25, -0.2) is 4.79 Å². The molecule has 1 unspecified atom stereocenters. The van der Waals surface area contributed by atoms with E-state index in [0.29, 0.717) is 6.54 Å². The summed E-state index contributed by atoms with van der Waals surface area (Å²) in [5.74, 6) is 0.733. The minimum atomic E-state index is -1.08. The van der Waals surface area contributed by atoms with Gasteiger partial charge < -0.3 is 20.2 Å². The van der Waals surface area contributed by atoms with E-state index >= 15 is 0 Å². The summed E-state index contributed by atoms with van der Waals surface area (Å²) < 4.78 is 5.76. The smallest absolute Gasteiger partial charge is 0.315 e. The lowest BCUT2D eigenvalue weighted by atomic mass is 10.1. The summed E-state index contributed by atoms with van der Waals surface area (Å²) in [7, 11) is 0. The fourth-order valence-corrected chi connectivity index (χ4v) is 3.33. The third-order valence-electron chi connectivity index (χ3n) is 4.00.